The van der Waals surface area contributed by atoms with Gasteiger partial charge in [-0.15, -0.1) is 0 Å². The van der Waals surface area contributed by atoms with E-state index in [0.29, 0.717) is 23.4 Å². The number of carbonyl (C=O) groups excluding carboxylic acids is 1. The Bertz CT molecular complexity index is 565. The molecule has 5 nitrogen and oxygen atoms in total. The van der Waals surface area contributed by atoms with Crippen LogP contribution in [0.15, 0.2) is 12.4 Å². The number of aromatic nitrogens is 4. The molecule has 0 amide bonds. The smallest absolute Gasteiger partial charge is 0.155 e. The topological polar surface area (TPSA) is 60.7 Å². The molecule has 17 heavy (non-hydrogen) atoms. The highest BCUT2D eigenvalue weighted by atomic mass is 35.5. The van der Waals surface area contributed by atoms with E-state index in [2.05, 4.69) is 15.1 Å². The van der Waals surface area contributed by atoms with Crippen LogP contribution >= 0.6 is 11.6 Å². The monoisotopic (exact) mass is 250 g/mol. The first kappa shape index (κ1) is 11.7. The van der Waals surface area contributed by atoms with Crippen LogP contribution in [0.3, 0.4) is 0 Å². The number of nitrogens with zero attached hydrogens (tertiary/aromatic N) is 4. The van der Waals surface area contributed by atoms with Crippen molar-refractivity contribution in [1.29, 1.82) is 0 Å². The highest BCUT2D eigenvalue weighted by Crippen LogP contribution is 2.24. The van der Waals surface area contributed by atoms with Crippen LogP contribution in [0.2, 0.25) is 5.15 Å². The van der Waals surface area contributed by atoms with E-state index in [1.165, 1.54) is 0 Å². The third-order valence-corrected chi connectivity index (χ3v) is 2.65. The van der Waals surface area contributed by atoms with Crippen LogP contribution < -0.4 is 0 Å². The molecule has 0 atom stereocenters. The summed E-state index contributed by atoms with van der Waals surface area (Å²) in [4.78, 5) is 19.2. The molecule has 0 saturated carbocycles. The van der Waals surface area contributed by atoms with Gasteiger partial charge in [-0.05, 0) is 13.8 Å². The van der Waals surface area contributed by atoms with Crippen molar-refractivity contribution >= 4 is 17.9 Å². The zero-order valence-electron chi connectivity index (χ0n) is 9.51. The Kier molecular flexibility index (Phi) is 3.19. The maximum atomic E-state index is 11.0. The molecular formula is C11H11ClN4O. The van der Waals surface area contributed by atoms with Gasteiger partial charge in [-0.1, -0.05) is 11.6 Å². The summed E-state index contributed by atoms with van der Waals surface area (Å²) in [5.74, 6) is 0.528. The molecule has 0 aromatic carbocycles. The van der Waals surface area contributed by atoms with Crippen molar-refractivity contribution in [2.24, 2.45) is 0 Å². The number of carbonyl (C=O) groups is 1. The van der Waals surface area contributed by atoms with Crippen LogP contribution in [0, 0.1) is 6.92 Å². The van der Waals surface area contributed by atoms with E-state index in [1.54, 1.807) is 17.8 Å². The highest BCUT2D eigenvalue weighted by Gasteiger charge is 2.14. The van der Waals surface area contributed by atoms with Crippen molar-refractivity contribution in [1.82, 2.24) is 19.7 Å². The summed E-state index contributed by atoms with van der Waals surface area (Å²) < 4.78 is 1.76. The molecule has 2 rings (SSSR count). The summed E-state index contributed by atoms with van der Waals surface area (Å²) in [5, 5.41) is 4.32. The Morgan fingerprint density at radius 1 is 1.47 bits per heavy atom. The van der Waals surface area contributed by atoms with Crippen LogP contribution in [-0.2, 0) is 6.54 Å². The maximum Gasteiger partial charge on any atom is 0.155 e. The van der Waals surface area contributed by atoms with Gasteiger partial charge in [0.25, 0.3) is 0 Å². The van der Waals surface area contributed by atoms with Gasteiger partial charge in [0.15, 0.2) is 6.29 Å². The van der Waals surface area contributed by atoms with Crippen LogP contribution in [0.25, 0.3) is 11.3 Å². The van der Waals surface area contributed by atoms with Gasteiger partial charge in [-0.25, -0.2) is 9.97 Å². The Balaban J connectivity index is 2.61. The Morgan fingerprint density at radius 2 is 2.24 bits per heavy atom. The summed E-state index contributed by atoms with van der Waals surface area (Å²) in [7, 11) is 0. The van der Waals surface area contributed by atoms with Gasteiger partial charge in [0.1, 0.15) is 11.0 Å². The van der Waals surface area contributed by atoms with Gasteiger partial charge >= 0.3 is 0 Å². The van der Waals surface area contributed by atoms with E-state index in [-0.39, 0.29) is 5.15 Å². The SMILES string of the molecule is CCn1cc(-c2nc(C)nc(Cl)c2C=O)cn1. The second-order valence-electron chi connectivity index (χ2n) is 3.53. The molecule has 0 bridgehead atoms. The summed E-state index contributed by atoms with van der Waals surface area (Å²) in [5.41, 5.74) is 1.59. The van der Waals surface area contributed by atoms with E-state index in [1.807, 2.05) is 13.1 Å². The van der Waals surface area contributed by atoms with Gasteiger partial charge in [0, 0.05) is 18.3 Å². The Labute approximate surface area is 103 Å². The molecule has 6 heteroatoms. The fraction of sp³-hybridized carbons (Fsp3) is 0.273. The van der Waals surface area contributed by atoms with Crippen molar-refractivity contribution in [2.75, 3.05) is 0 Å². The lowest BCUT2D eigenvalue weighted by molar-refractivity contribution is 0.112. The molecule has 0 fully saturated rings. The normalized spacial score (nSPS) is 10.5. The molecule has 0 aliphatic carbocycles. The van der Waals surface area contributed by atoms with Gasteiger partial charge in [0.05, 0.1) is 17.5 Å². The highest BCUT2D eigenvalue weighted by molar-refractivity contribution is 6.32. The predicted octanol–water partition coefficient (Wildman–Crippen LogP) is 2.13. The standard InChI is InChI=1S/C11H11ClN4O/c1-3-16-5-8(4-13-16)10-9(6-17)11(12)15-7(2)14-10/h4-6H,3H2,1-2H3. The predicted molar refractivity (Wildman–Crippen MR) is 64.1 cm³/mol. The molecule has 88 valence electrons. The summed E-state index contributed by atoms with van der Waals surface area (Å²) >= 11 is 5.92. The van der Waals surface area contributed by atoms with Crippen LogP contribution in [0.5, 0.6) is 0 Å². The zero-order valence-corrected chi connectivity index (χ0v) is 10.3. The van der Waals surface area contributed by atoms with E-state index in [0.717, 1.165) is 12.1 Å². The minimum atomic E-state index is 0.173. The molecule has 0 spiro atoms. The summed E-state index contributed by atoms with van der Waals surface area (Å²) in [6, 6.07) is 0. The second-order valence-corrected chi connectivity index (χ2v) is 3.88. The van der Waals surface area contributed by atoms with E-state index >= 15 is 0 Å². The van der Waals surface area contributed by atoms with Crippen molar-refractivity contribution in [2.45, 2.75) is 20.4 Å². The molecule has 2 heterocycles. The summed E-state index contributed by atoms with van der Waals surface area (Å²) in [6.45, 7) is 4.47. The number of hydrogen-bond donors (Lipinski definition) is 0. The first-order valence-corrected chi connectivity index (χ1v) is 5.55. The molecule has 2 aromatic heterocycles. The number of halogens is 1. The maximum absolute atomic E-state index is 11.0. The minimum Gasteiger partial charge on any atom is -0.298 e. The fourth-order valence-electron chi connectivity index (χ4n) is 1.53. The Hall–Kier alpha value is -1.75. The van der Waals surface area contributed by atoms with Crippen molar-refractivity contribution < 1.29 is 4.79 Å². The molecule has 0 N–H and O–H groups in total. The number of aryl methyl sites for hydroxylation is 2. The number of rotatable bonds is 3. The van der Waals surface area contributed by atoms with Gasteiger partial charge in [-0.2, -0.15) is 5.10 Å². The molecule has 2 aromatic rings. The molecule has 0 aliphatic heterocycles. The lowest BCUT2D eigenvalue weighted by Gasteiger charge is -2.04. The average Bonchev–Trinajstić information content (AvgIpc) is 2.76. The molecule has 0 radical (unpaired) electrons. The van der Waals surface area contributed by atoms with Crippen molar-refractivity contribution in [3.8, 4) is 11.3 Å². The lowest BCUT2D eigenvalue weighted by Crippen LogP contribution is -1.99. The molecule has 0 unspecified atom stereocenters. The quantitative estimate of drug-likeness (QED) is 0.619. The van der Waals surface area contributed by atoms with Gasteiger partial charge < -0.3 is 0 Å². The number of aldehydes is 1. The fourth-order valence-corrected chi connectivity index (χ4v) is 1.79. The average molecular weight is 251 g/mol. The number of hydrogen-bond acceptors (Lipinski definition) is 4. The Morgan fingerprint density at radius 3 is 2.82 bits per heavy atom. The zero-order chi connectivity index (χ0) is 12.4. The lowest BCUT2D eigenvalue weighted by atomic mass is 10.1. The third-order valence-electron chi connectivity index (χ3n) is 2.36. The summed E-state index contributed by atoms with van der Waals surface area (Å²) in [6.07, 6.45) is 4.15. The minimum absolute atomic E-state index is 0.173. The van der Waals surface area contributed by atoms with Crippen molar-refractivity contribution in [3.05, 3.63) is 28.9 Å². The first-order chi connectivity index (χ1) is 8.15. The largest absolute Gasteiger partial charge is 0.298 e. The van der Waals surface area contributed by atoms with E-state index in [4.69, 9.17) is 11.6 Å². The van der Waals surface area contributed by atoms with Gasteiger partial charge in [0.2, 0.25) is 0 Å². The molecular weight excluding hydrogens is 240 g/mol. The van der Waals surface area contributed by atoms with Crippen LogP contribution in [-0.4, -0.2) is 26.0 Å². The molecule has 0 saturated heterocycles. The second kappa shape index (κ2) is 4.63. The van der Waals surface area contributed by atoms with Crippen molar-refractivity contribution in [3.63, 3.8) is 0 Å². The van der Waals surface area contributed by atoms with Crippen LogP contribution in [0.1, 0.15) is 23.1 Å². The van der Waals surface area contributed by atoms with Crippen LogP contribution in [0.4, 0.5) is 0 Å². The first-order valence-electron chi connectivity index (χ1n) is 5.17. The molecule has 0 aliphatic rings. The van der Waals surface area contributed by atoms with Gasteiger partial charge in [-0.3, -0.25) is 9.48 Å². The van der Waals surface area contributed by atoms with E-state index < -0.39 is 0 Å². The van der Waals surface area contributed by atoms with E-state index in [9.17, 15) is 4.79 Å². The third kappa shape index (κ3) is 2.19.